The Hall–Kier alpha value is -1.81. The van der Waals surface area contributed by atoms with Crippen LogP contribution in [0.1, 0.15) is 12.5 Å². The van der Waals surface area contributed by atoms with E-state index in [2.05, 4.69) is 4.74 Å². The lowest BCUT2D eigenvalue weighted by molar-refractivity contribution is -0.164. The van der Waals surface area contributed by atoms with Crippen molar-refractivity contribution in [3.8, 4) is 5.75 Å². The van der Waals surface area contributed by atoms with Gasteiger partial charge in [-0.2, -0.15) is 0 Å². The molecule has 0 bridgehead atoms. The van der Waals surface area contributed by atoms with Crippen LogP contribution in [0, 0.1) is 0 Å². The number of hydrogen-bond donors (Lipinski definition) is 0. The molecule has 0 aliphatic carbocycles. The highest BCUT2D eigenvalue weighted by Crippen LogP contribution is 2.26. The Kier molecular flexibility index (Phi) is 3.44. The summed E-state index contributed by atoms with van der Waals surface area (Å²) in [7, 11) is 1.33. The highest BCUT2D eigenvalue weighted by Gasteiger charge is 2.21. The van der Waals surface area contributed by atoms with E-state index in [1.54, 1.807) is 13.0 Å². The molecule has 0 saturated carbocycles. The average Bonchev–Trinajstić information content (AvgIpc) is 2.37. The van der Waals surface area contributed by atoms with Gasteiger partial charge in [0, 0.05) is 5.56 Å². The molecular weight excluding hydrogens is 220 g/mol. The van der Waals surface area contributed by atoms with Crippen molar-refractivity contribution in [3.63, 3.8) is 0 Å². The molecule has 0 fully saturated rings. The van der Waals surface area contributed by atoms with E-state index in [-0.39, 0.29) is 0 Å². The van der Waals surface area contributed by atoms with Crippen LogP contribution in [-0.2, 0) is 14.3 Å². The van der Waals surface area contributed by atoms with E-state index in [1.165, 1.54) is 7.11 Å². The SMILES string of the molecule is COC(=O)[C@H](C)O[C@@H]1C=Cc2ccccc2O1. The van der Waals surface area contributed by atoms with Crippen LogP contribution in [0.5, 0.6) is 5.75 Å². The van der Waals surface area contributed by atoms with E-state index in [0.29, 0.717) is 0 Å². The second-order valence-electron chi connectivity index (χ2n) is 3.68. The minimum atomic E-state index is -0.653. The first kappa shape index (κ1) is 11.7. The van der Waals surface area contributed by atoms with Crippen molar-refractivity contribution in [1.82, 2.24) is 0 Å². The Labute approximate surface area is 99.8 Å². The molecule has 0 N–H and O–H groups in total. The number of carbonyl (C=O) groups excluding carboxylic acids is 1. The molecule has 4 heteroatoms. The van der Waals surface area contributed by atoms with Crippen LogP contribution in [0.2, 0.25) is 0 Å². The molecular formula is C13H14O4. The maximum absolute atomic E-state index is 11.2. The number of esters is 1. The molecule has 1 aromatic carbocycles. The molecule has 0 amide bonds. The molecule has 2 atom stereocenters. The van der Waals surface area contributed by atoms with Gasteiger partial charge in [-0.05, 0) is 25.1 Å². The summed E-state index contributed by atoms with van der Waals surface area (Å²) in [5.74, 6) is 0.331. The predicted octanol–water partition coefficient (Wildman–Crippen LogP) is 2.00. The highest BCUT2D eigenvalue weighted by molar-refractivity contribution is 5.74. The Morgan fingerprint density at radius 3 is 2.94 bits per heavy atom. The normalized spacial score (nSPS) is 19.1. The zero-order chi connectivity index (χ0) is 12.3. The Morgan fingerprint density at radius 1 is 1.41 bits per heavy atom. The van der Waals surface area contributed by atoms with Crippen LogP contribution < -0.4 is 4.74 Å². The van der Waals surface area contributed by atoms with Crippen LogP contribution in [-0.4, -0.2) is 25.5 Å². The molecule has 0 saturated heterocycles. The van der Waals surface area contributed by atoms with Gasteiger partial charge in [0.25, 0.3) is 0 Å². The molecule has 1 aliphatic heterocycles. The lowest BCUT2D eigenvalue weighted by Crippen LogP contribution is -2.31. The fraction of sp³-hybridized carbons (Fsp3) is 0.308. The van der Waals surface area contributed by atoms with Crippen molar-refractivity contribution in [2.24, 2.45) is 0 Å². The second-order valence-corrected chi connectivity index (χ2v) is 3.68. The number of benzene rings is 1. The fourth-order valence-electron chi connectivity index (χ4n) is 1.57. The van der Waals surface area contributed by atoms with E-state index in [1.807, 2.05) is 30.3 Å². The van der Waals surface area contributed by atoms with Crippen LogP contribution >= 0.6 is 0 Å². The topological polar surface area (TPSA) is 44.8 Å². The van der Waals surface area contributed by atoms with Crippen LogP contribution in [0.3, 0.4) is 0 Å². The Balaban J connectivity index is 2.01. The lowest BCUT2D eigenvalue weighted by Gasteiger charge is -2.23. The van der Waals surface area contributed by atoms with Gasteiger partial charge in [-0.25, -0.2) is 4.79 Å². The third-order valence-corrected chi connectivity index (χ3v) is 2.47. The van der Waals surface area contributed by atoms with Crippen molar-refractivity contribution in [2.45, 2.75) is 19.3 Å². The molecule has 90 valence electrons. The van der Waals surface area contributed by atoms with Crippen molar-refractivity contribution in [3.05, 3.63) is 35.9 Å². The summed E-state index contributed by atoms with van der Waals surface area (Å²) in [4.78, 5) is 11.2. The summed E-state index contributed by atoms with van der Waals surface area (Å²) >= 11 is 0. The van der Waals surface area contributed by atoms with E-state index in [9.17, 15) is 4.79 Å². The molecule has 0 aromatic heterocycles. The van der Waals surface area contributed by atoms with Crippen molar-refractivity contribution in [2.75, 3.05) is 7.11 Å². The monoisotopic (exact) mass is 234 g/mol. The van der Waals surface area contributed by atoms with Gasteiger partial charge >= 0.3 is 5.97 Å². The minimum Gasteiger partial charge on any atom is -0.467 e. The second kappa shape index (κ2) is 5.01. The first-order valence-corrected chi connectivity index (χ1v) is 5.38. The largest absolute Gasteiger partial charge is 0.467 e. The van der Waals surface area contributed by atoms with E-state index < -0.39 is 18.4 Å². The van der Waals surface area contributed by atoms with Crippen molar-refractivity contribution >= 4 is 12.0 Å². The maximum atomic E-state index is 11.2. The smallest absolute Gasteiger partial charge is 0.334 e. The fourth-order valence-corrected chi connectivity index (χ4v) is 1.57. The number of ether oxygens (including phenoxy) is 3. The molecule has 1 aromatic rings. The summed E-state index contributed by atoms with van der Waals surface area (Å²) in [6.07, 6.45) is 2.47. The van der Waals surface area contributed by atoms with Gasteiger partial charge in [-0.15, -0.1) is 0 Å². The van der Waals surface area contributed by atoms with Gasteiger partial charge in [0.1, 0.15) is 5.75 Å². The third-order valence-electron chi connectivity index (χ3n) is 2.47. The number of rotatable bonds is 3. The number of fused-ring (bicyclic) bond motifs is 1. The lowest BCUT2D eigenvalue weighted by atomic mass is 10.1. The summed E-state index contributed by atoms with van der Waals surface area (Å²) in [5, 5.41) is 0. The molecule has 17 heavy (non-hydrogen) atoms. The number of carbonyl (C=O) groups is 1. The van der Waals surface area contributed by atoms with Gasteiger partial charge in [0.15, 0.2) is 6.10 Å². The molecule has 0 radical (unpaired) electrons. The standard InChI is InChI=1S/C13H14O4/c1-9(13(14)15-2)16-12-8-7-10-5-3-4-6-11(10)17-12/h3-9,12H,1-2H3/t9-,12-/m0/s1. The van der Waals surface area contributed by atoms with Crippen LogP contribution in [0.15, 0.2) is 30.3 Å². The molecule has 4 nitrogen and oxygen atoms in total. The van der Waals surface area contributed by atoms with E-state index >= 15 is 0 Å². The maximum Gasteiger partial charge on any atom is 0.334 e. The zero-order valence-electron chi connectivity index (χ0n) is 9.75. The molecule has 1 aliphatic rings. The third kappa shape index (κ3) is 2.65. The molecule has 1 heterocycles. The Bertz CT molecular complexity index is 439. The molecule has 0 spiro atoms. The van der Waals surface area contributed by atoms with Gasteiger partial charge in [-0.1, -0.05) is 18.2 Å². The van der Waals surface area contributed by atoms with Crippen molar-refractivity contribution in [1.29, 1.82) is 0 Å². The van der Waals surface area contributed by atoms with Crippen LogP contribution in [0.25, 0.3) is 6.08 Å². The predicted molar refractivity (Wildman–Crippen MR) is 62.5 cm³/mol. The van der Waals surface area contributed by atoms with Gasteiger partial charge < -0.3 is 14.2 Å². The quantitative estimate of drug-likeness (QED) is 0.750. The van der Waals surface area contributed by atoms with Gasteiger partial charge in [-0.3, -0.25) is 0 Å². The Morgan fingerprint density at radius 2 is 2.18 bits per heavy atom. The van der Waals surface area contributed by atoms with Gasteiger partial charge in [0.2, 0.25) is 6.29 Å². The summed E-state index contributed by atoms with van der Waals surface area (Å²) in [6, 6.07) is 7.63. The molecule has 2 rings (SSSR count). The summed E-state index contributed by atoms with van der Waals surface area (Å²) in [5.41, 5.74) is 0.998. The highest BCUT2D eigenvalue weighted by atomic mass is 16.7. The zero-order valence-corrected chi connectivity index (χ0v) is 9.75. The van der Waals surface area contributed by atoms with E-state index in [4.69, 9.17) is 9.47 Å². The summed E-state index contributed by atoms with van der Waals surface area (Å²) in [6.45, 7) is 1.63. The summed E-state index contributed by atoms with van der Waals surface area (Å²) < 4.78 is 15.6. The number of methoxy groups -OCH3 is 1. The van der Waals surface area contributed by atoms with Crippen molar-refractivity contribution < 1.29 is 19.0 Å². The molecule has 0 unspecified atom stereocenters. The van der Waals surface area contributed by atoms with Gasteiger partial charge in [0.05, 0.1) is 7.11 Å². The number of para-hydroxylation sites is 1. The number of hydrogen-bond acceptors (Lipinski definition) is 4. The first-order chi connectivity index (χ1) is 8.20. The minimum absolute atomic E-state index is 0.416. The first-order valence-electron chi connectivity index (χ1n) is 5.38. The average molecular weight is 234 g/mol. The van der Waals surface area contributed by atoms with Crippen LogP contribution in [0.4, 0.5) is 0 Å². The van der Waals surface area contributed by atoms with E-state index in [0.717, 1.165) is 11.3 Å².